The van der Waals surface area contributed by atoms with Gasteiger partial charge in [0.15, 0.2) is 11.5 Å². The van der Waals surface area contributed by atoms with Crippen molar-refractivity contribution in [2.75, 3.05) is 26.2 Å². The molecule has 0 radical (unpaired) electrons. The maximum atomic E-state index is 13.6. The Morgan fingerprint density at radius 3 is 2.31 bits per heavy atom. The molecule has 1 unspecified atom stereocenters. The largest absolute Gasteiger partial charge is 0.493 e. The normalized spacial score (nSPS) is 15.1. The van der Waals surface area contributed by atoms with Gasteiger partial charge in [-0.1, -0.05) is 48.5 Å². The number of hydrogen-bond acceptors (Lipinski definition) is 4. The molecule has 1 aliphatic heterocycles. The zero-order valence-electron chi connectivity index (χ0n) is 19.9. The van der Waals surface area contributed by atoms with Gasteiger partial charge in [-0.3, -0.25) is 4.79 Å². The van der Waals surface area contributed by atoms with Crippen LogP contribution in [0, 0.1) is 5.82 Å². The molecule has 1 heterocycles. The average molecular weight is 472 g/mol. The van der Waals surface area contributed by atoms with Crippen molar-refractivity contribution in [1.29, 1.82) is 0 Å². The number of carbonyl (C=O) groups is 1. The standard InChI is InChI=1S/C29H26FNO4/c1-33-25-15-13-22(28(34-2)29(25)35-3)23-16-26(32)31(17-18-8-11-20(30)12-9-18)24-14-10-19-6-4-5-7-21(19)27(23)24/h4-15,23H,16-17H2,1-3H3. The van der Waals surface area contributed by atoms with E-state index in [1.807, 2.05) is 36.4 Å². The first-order valence-electron chi connectivity index (χ1n) is 11.4. The zero-order valence-corrected chi connectivity index (χ0v) is 19.9. The molecule has 0 bridgehead atoms. The van der Waals surface area contributed by atoms with E-state index in [0.717, 1.165) is 33.2 Å². The van der Waals surface area contributed by atoms with Crippen LogP contribution >= 0.6 is 0 Å². The highest BCUT2D eigenvalue weighted by Gasteiger charge is 2.36. The summed E-state index contributed by atoms with van der Waals surface area (Å²) >= 11 is 0. The molecule has 0 aromatic heterocycles. The predicted molar refractivity (Wildman–Crippen MR) is 134 cm³/mol. The minimum atomic E-state index is -0.300. The molecule has 4 aromatic rings. The second kappa shape index (κ2) is 9.29. The van der Waals surface area contributed by atoms with Crippen molar-refractivity contribution < 1.29 is 23.4 Å². The van der Waals surface area contributed by atoms with E-state index >= 15 is 0 Å². The first-order chi connectivity index (χ1) is 17.0. The monoisotopic (exact) mass is 471 g/mol. The Morgan fingerprint density at radius 1 is 0.857 bits per heavy atom. The number of halogens is 1. The summed E-state index contributed by atoms with van der Waals surface area (Å²) < 4.78 is 30.4. The van der Waals surface area contributed by atoms with Crippen molar-refractivity contribution in [2.45, 2.75) is 18.9 Å². The highest BCUT2D eigenvalue weighted by molar-refractivity contribution is 6.03. The van der Waals surface area contributed by atoms with Gasteiger partial charge >= 0.3 is 0 Å². The van der Waals surface area contributed by atoms with Crippen LogP contribution in [-0.4, -0.2) is 27.2 Å². The van der Waals surface area contributed by atoms with Crippen LogP contribution < -0.4 is 19.1 Å². The minimum absolute atomic E-state index is 0.0149. The number of rotatable bonds is 6. The van der Waals surface area contributed by atoms with Crippen molar-refractivity contribution in [2.24, 2.45) is 0 Å². The van der Waals surface area contributed by atoms with Crippen LogP contribution in [0.4, 0.5) is 10.1 Å². The van der Waals surface area contributed by atoms with Gasteiger partial charge in [-0.15, -0.1) is 0 Å². The molecule has 0 saturated heterocycles. The topological polar surface area (TPSA) is 48.0 Å². The second-order valence-electron chi connectivity index (χ2n) is 8.51. The highest BCUT2D eigenvalue weighted by atomic mass is 19.1. The van der Waals surface area contributed by atoms with Crippen LogP contribution in [0.25, 0.3) is 10.8 Å². The minimum Gasteiger partial charge on any atom is -0.493 e. The fourth-order valence-electron chi connectivity index (χ4n) is 5.02. The van der Waals surface area contributed by atoms with Crippen molar-refractivity contribution in [3.05, 3.63) is 95.3 Å². The molecule has 5 rings (SSSR count). The molecule has 0 spiro atoms. The van der Waals surface area contributed by atoms with E-state index in [-0.39, 0.29) is 24.1 Å². The van der Waals surface area contributed by atoms with Crippen molar-refractivity contribution in [3.63, 3.8) is 0 Å². The van der Waals surface area contributed by atoms with E-state index in [0.29, 0.717) is 23.8 Å². The van der Waals surface area contributed by atoms with Crippen molar-refractivity contribution >= 4 is 22.4 Å². The van der Waals surface area contributed by atoms with Crippen molar-refractivity contribution in [3.8, 4) is 17.2 Å². The number of carbonyl (C=O) groups excluding carboxylic acids is 1. The van der Waals surface area contributed by atoms with Crippen LogP contribution in [-0.2, 0) is 11.3 Å². The molecule has 35 heavy (non-hydrogen) atoms. The molecule has 0 fully saturated rings. The Hall–Kier alpha value is -4.06. The summed E-state index contributed by atoms with van der Waals surface area (Å²) in [5.74, 6) is 1.05. The summed E-state index contributed by atoms with van der Waals surface area (Å²) in [6, 6.07) is 22.3. The van der Waals surface area contributed by atoms with Gasteiger partial charge in [-0.25, -0.2) is 4.39 Å². The van der Waals surface area contributed by atoms with Gasteiger partial charge < -0.3 is 19.1 Å². The maximum Gasteiger partial charge on any atom is 0.228 e. The molecular formula is C29H26FNO4. The van der Waals surface area contributed by atoms with Gasteiger partial charge in [-0.05, 0) is 46.2 Å². The van der Waals surface area contributed by atoms with Crippen LogP contribution in [0.5, 0.6) is 17.2 Å². The van der Waals surface area contributed by atoms with Crippen LogP contribution in [0.15, 0.2) is 72.8 Å². The molecule has 5 nitrogen and oxygen atoms in total. The Balaban J connectivity index is 1.71. The molecular weight excluding hydrogens is 445 g/mol. The maximum absolute atomic E-state index is 13.6. The Morgan fingerprint density at radius 2 is 1.60 bits per heavy atom. The molecule has 0 aliphatic carbocycles. The number of methoxy groups -OCH3 is 3. The smallest absolute Gasteiger partial charge is 0.228 e. The van der Waals surface area contributed by atoms with Crippen molar-refractivity contribution in [1.82, 2.24) is 0 Å². The Kier molecular flexibility index (Phi) is 6.03. The summed E-state index contributed by atoms with van der Waals surface area (Å²) in [7, 11) is 4.75. The third-order valence-electron chi connectivity index (χ3n) is 6.63. The fourth-order valence-corrected chi connectivity index (χ4v) is 5.02. The number of fused-ring (bicyclic) bond motifs is 3. The Labute approximate surface area is 203 Å². The summed E-state index contributed by atoms with van der Waals surface area (Å²) in [5.41, 5.74) is 3.61. The van der Waals surface area contributed by atoms with E-state index in [9.17, 15) is 9.18 Å². The fraction of sp³-hybridized carbons (Fsp3) is 0.207. The highest BCUT2D eigenvalue weighted by Crippen LogP contribution is 2.50. The van der Waals surface area contributed by atoms with E-state index in [1.165, 1.54) is 12.1 Å². The van der Waals surface area contributed by atoms with E-state index in [4.69, 9.17) is 14.2 Å². The third-order valence-corrected chi connectivity index (χ3v) is 6.63. The first kappa shape index (κ1) is 22.7. The zero-order chi connectivity index (χ0) is 24.5. The van der Waals surface area contributed by atoms with Gasteiger partial charge in [0, 0.05) is 23.6 Å². The number of nitrogens with zero attached hydrogens (tertiary/aromatic N) is 1. The number of amides is 1. The average Bonchev–Trinajstić information content (AvgIpc) is 2.89. The molecule has 1 aliphatic rings. The summed E-state index contributed by atoms with van der Waals surface area (Å²) in [4.78, 5) is 15.4. The molecule has 6 heteroatoms. The predicted octanol–water partition coefficient (Wildman–Crippen LogP) is 6.07. The molecule has 1 atom stereocenters. The lowest BCUT2D eigenvalue weighted by molar-refractivity contribution is -0.119. The number of anilines is 1. The SMILES string of the molecule is COc1ccc(C2CC(=O)N(Cc3ccc(F)cc3)c3ccc4ccccc4c32)c(OC)c1OC. The van der Waals surface area contributed by atoms with Crippen LogP contribution in [0.1, 0.15) is 29.0 Å². The molecule has 0 saturated carbocycles. The molecule has 178 valence electrons. The quantitative estimate of drug-likeness (QED) is 0.342. The van der Waals surface area contributed by atoms with Crippen LogP contribution in [0.2, 0.25) is 0 Å². The number of ether oxygens (including phenoxy) is 3. The van der Waals surface area contributed by atoms with Gasteiger partial charge in [-0.2, -0.15) is 0 Å². The van der Waals surface area contributed by atoms with E-state index in [1.54, 1.807) is 38.4 Å². The molecule has 0 N–H and O–H groups in total. The number of benzene rings is 4. The lowest BCUT2D eigenvalue weighted by Gasteiger charge is -2.36. The van der Waals surface area contributed by atoms with Gasteiger partial charge in [0.25, 0.3) is 0 Å². The lowest BCUT2D eigenvalue weighted by Crippen LogP contribution is -2.36. The number of hydrogen-bond donors (Lipinski definition) is 0. The Bertz CT molecular complexity index is 1400. The molecule has 1 amide bonds. The molecule has 4 aromatic carbocycles. The summed E-state index contributed by atoms with van der Waals surface area (Å²) in [6.45, 7) is 0.361. The van der Waals surface area contributed by atoms with Crippen LogP contribution in [0.3, 0.4) is 0 Å². The van der Waals surface area contributed by atoms with Gasteiger partial charge in [0.2, 0.25) is 11.7 Å². The lowest BCUT2D eigenvalue weighted by atomic mass is 9.80. The summed E-state index contributed by atoms with van der Waals surface area (Å²) in [6.07, 6.45) is 0.258. The summed E-state index contributed by atoms with van der Waals surface area (Å²) in [5, 5.41) is 2.16. The van der Waals surface area contributed by atoms with E-state index in [2.05, 4.69) is 12.1 Å². The second-order valence-corrected chi connectivity index (χ2v) is 8.51. The van der Waals surface area contributed by atoms with Gasteiger partial charge in [0.1, 0.15) is 5.82 Å². The first-order valence-corrected chi connectivity index (χ1v) is 11.4. The van der Waals surface area contributed by atoms with E-state index < -0.39 is 0 Å². The van der Waals surface area contributed by atoms with Gasteiger partial charge in [0.05, 0.1) is 27.9 Å². The third kappa shape index (κ3) is 3.95.